The second kappa shape index (κ2) is 8.17. The number of sulfonamides is 1. The predicted molar refractivity (Wildman–Crippen MR) is 113 cm³/mol. The molecule has 1 fully saturated rings. The second-order valence-corrected chi connectivity index (χ2v) is 9.44. The first kappa shape index (κ1) is 22.2. The van der Waals surface area contributed by atoms with Crippen LogP contribution in [-0.4, -0.2) is 41.3 Å². The van der Waals surface area contributed by atoms with Crippen LogP contribution in [-0.2, 0) is 16.2 Å². The number of nitrogens with one attached hydrogen (secondary N) is 2. The minimum atomic E-state index is -4.71. The Morgan fingerprint density at radius 3 is 2.50 bits per heavy atom. The smallest absolute Gasteiger partial charge is 0.368 e. The van der Waals surface area contributed by atoms with Gasteiger partial charge in [-0.05, 0) is 43.5 Å². The fraction of sp³-hybridized carbons (Fsp3) is 0.350. The normalized spacial score (nSPS) is 14.6. The van der Waals surface area contributed by atoms with Gasteiger partial charge >= 0.3 is 11.9 Å². The number of rotatable bonds is 7. The van der Waals surface area contributed by atoms with Crippen molar-refractivity contribution in [3.05, 3.63) is 58.1 Å². The van der Waals surface area contributed by atoms with E-state index in [2.05, 4.69) is 20.0 Å². The largest absolute Gasteiger partial charge is 0.433 e. The topological polar surface area (TPSA) is 106 Å². The number of fused-ring (bicyclic) bond motifs is 1. The van der Waals surface area contributed by atoms with Crippen molar-refractivity contribution in [3.63, 3.8) is 0 Å². The molecule has 170 valence electrons. The van der Waals surface area contributed by atoms with Crippen LogP contribution in [0.5, 0.6) is 0 Å². The highest BCUT2D eigenvalue weighted by Crippen LogP contribution is 2.31. The van der Waals surface area contributed by atoms with Crippen molar-refractivity contribution in [2.75, 3.05) is 17.6 Å². The molecule has 32 heavy (non-hydrogen) atoms. The van der Waals surface area contributed by atoms with Crippen LogP contribution >= 0.6 is 0 Å². The molecule has 12 heteroatoms. The summed E-state index contributed by atoms with van der Waals surface area (Å²) in [4.78, 5) is 20.5. The first-order chi connectivity index (χ1) is 15.0. The maximum Gasteiger partial charge on any atom is 0.433 e. The lowest BCUT2D eigenvalue weighted by molar-refractivity contribution is -0.141. The Balaban J connectivity index is 1.77. The molecule has 0 amide bonds. The van der Waals surface area contributed by atoms with Crippen LogP contribution in [0.4, 0.5) is 19.0 Å². The number of anilines is 1. The Morgan fingerprint density at radius 1 is 1.12 bits per heavy atom. The van der Waals surface area contributed by atoms with Crippen LogP contribution in [0.1, 0.15) is 24.1 Å². The first-order valence-electron chi connectivity index (χ1n) is 9.86. The number of hydrogen-bond acceptors (Lipinski definition) is 6. The molecule has 3 aromatic rings. The average molecular weight is 467 g/mol. The van der Waals surface area contributed by atoms with Gasteiger partial charge in [0, 0.05) is 12.6 Å². The molecular weight excluding hydrogens is 447 g/mol. The molecule has 1 aromatic carbocycles. The molecule has 2 aromatic heterocycles. The zero-order chi connectivity index (χ0) is 23.1. The molecule has 0 radical (unpaired) electrons. The van der Waals surface area contributed by atoms with Crippen LogP contribution in [0.25, 0.3) is 16.7 Å². The Kier molecular flexibility index (Phi) is 5.67. The van der Waals surface area contributed by atoms with Gasteiger partial charge in [0.15, 0.2) is 5.65 Å². The van der Waals surface area contributed by atoms with E-state index in [0.29, 0.717) is 11.3 Å². The van der Waals surface area contributed by atoms with Crippen LogP contribution < -0.4 is 15.7 Å². The quantitative estimate of drug-likeness (QED) is 0.553. The van der Waals surface area contributed by atoms with E-state index in [1.165, 1.54) is 6.07 Å². The van der Waals surface area contributed by atoms with Gasteiger partial charge in [-0.3, -0.25) is 0 Å². The lowest BCUT2D eigenvalue weighted by atomic mass is 10.2. The number of pyridine rings is 1. The van der Waals surface area contributed by atoms with E-state index in [0.717, 1.165) is 23.5 Å². The van der Waals surface area contributed by atoms with Crippen molar-refractivity contribution >= 4 is 26.9 Å². The standard InChI is InChI=1S/C20H20F3N5O3S/c1-12-4-2-3-5-15(12)28-18-14(8-9-16(25-18)20(21,22)23)17(26-19(28)29)24-10-11-32(30,31)27-13-6-7-13/h2-5,8-9,13,27H,6-7,10-11H2,1H3,(H,24,26,29). The van der Waals surface area contributed by atoms with Crippen molar-refractivity contribution in [1.29, 1.82) is 0 Å². The van der Waals surface area contributed by atoms with E-state index in [9.17, 15) is 26.4 Å². The van der Waals surface area contributed by atoms with Crippen LogP contribution in [0.2, 0.25) is 0 Å². The molecule has 0 spiro atoms. The van der Waals surface area contributed by atoms with Gasteiger partial charge in [0.2, 0.25) is 10.0 Å². The summed E-state index contributed by atoms with van der Waals surface area (Å²) in [5, 5.41) is 2.93. The third-order valence-electron chi connectivity index (χ3n) is 4.97. The highest BCUT2D eigenvalue weighted by molar-refractivity contribution is 7.89. The molecule has 1 aliphatic carbocycles. The zero-order valence-electron chi connectivity index (χ0n) is 17.0. The number of nitrogens with zero attached hydrogens (tertiary/aromatic N) is 3. The fourth-order valence-electron chi connectivity index (χ4n) is 3.24. The van der Waals surface area contributed by atoms with Gasteiger partial charge in [0.05, 0.1) is 16.8 Å². The van der Waals surface area contributed by atoms with Crippen LogP contribution in [0, 0.1) is 6.92 Å². The van der Waals surface area contributed by atoms with Crippen LogP contribution in [0.3, 0.4) is 0 Å². The summed E-state index contributed by atoms with van der Waals surface area (Å²) in [6.45, 7) is 1.63. The SMILES string of the molecule is Cc1ccccc1-n1c(=O)nc(NCCS(=O)(=O)NC2CC2)c2ccc(C(F)(F)F)nc21. The third kappa shape index (κ3) is 4.75. The highest BCUT2D eigenvalue weighted by Gasteiger charge is 2.33. The Labute approximate surface area is 181 Å². The molecule has 0 bridgehead atoms. The van der Waals surface area contributed by atoms with E-state index < -0.39 is 27.6 Å². The van der Waals surface area contributed by atoms with Crippen molar-refractivity contribution < 1.29 is 21.6 Å². The number of halogens is 3. The van der Waals surface area contributed by atoms with Crippen molar-refractivity contribution in [2.45, 2.75) is 32.0 Å². The highest BCUT2D eigenvalue weighted by atomic mass is 32.2. The van der Waals surface area contributed by atoms with E-state index in [1.54, 1.807) is 31.2 Å². The summed E-state index contributed by atoms with van der Waals surface area (Å²) >= 11 is 0. The average Bonchev–Trinajstić information content (AvgIpc) is 3.51. The number of benzene rings is 1. The summed E-state index contributed by atoms with van der Waals surface area (Å²) in [5.41, 5.74) is -1.21. The van der Waals surface area contributed by atoms with Crippen molar-refractivity contribution in [3.8, 4) is 5.69 Å². The van der Waals surface area contributed by atoms with Gasteiger partial charge < -0.3 is 5.32 Å². The molecule has 0 aliphatic heterocycles. The van der Waals surface area contributed by atoms with Gasteiger partial charge in [0.25, 0.3) is 0 Å². The maximum absolute atomic E-state index is 13.3. The molecule has 0 unspecified atom stereocenters. The second-order valence-electron chi connectivity index (χ2n) is 7.57. The molecule has 0 saturated heterocycles. The minimum Gasteiger partial charge on any atom is -0.368 e. The molecule has 4 rings (SSSR count). The lowest BCUT2D eigenvalue weighted by Gasteiger charge is -2.16. The third-order valence-corrected chi connectivity index (χ3v) is 6.41. The van der Waals surface area contributed by atoms with E-state index in [1.807, 2.05) is 0 Å². The number of aromatic nitrogens is 3. The Morgan fingerprint density at radius 2 is 1.84 bits per heavy atom. The number of para-hydroxylation sites is 1. The number of hydrogen-bond donors (Lipinski definition) is 2. The number of aryl methyl sites for hydroxylation is 1. The summed E-state index contributed by atoms with van der Waals surface area (Å²) < 4.78 is 67.6. The summed E-state index contributed by atoms with van der Waals surface area (Å²) in [5.74, 6) is -0.306. The molecule has 2 heterocycles. The predicted octanol–water partition coefficient (Wildman–Crippen LogP) is 2.60. The van der Waals surface area contributed by atoms with Gasteiger partial charge in [-0.25, -0.2) is 27.5 Å². The molecule has 2 N–H and O–H groups in total. The monoisotopic (exact) mass is 467 g/mol. The van der Waals surface area contributed by atoms with E-state index >= 15 is 0 Å². The number of alkyl halides is 3. The van der Waals surface area contributed by atoms with Crippen LogP contribution in [0.15, 0.2) is 41.2 Å². The minimum absolute atomic E-state index is 0.0299. The van der Waals surface area contributed by atoms with Crippen molar-refractivity contribution in [2.24, 2.45) is 0 Å². The fourth-order valence-corrected chi connectivity index (χ4v) is 4.47. The zero-order valence-corrected chi connectivity index (χ0v) is 17.8. The summed E-state index contributed by atoms with van der Waals surface area (Å²) in [6, 6.07) is 8.62. The summed E-state index contributed by atoms with van der Waals surface area (Å²) in [6.07, 6.45) is -3.12. The lowest BCUT2D eigenvalue weighted by Crippen LogP contribution is -2.32. The molecular formula is C20H20F3N5O3S. The Hall–Kier alpha value is -2.99. The molecule has 1 saturated carbocycles. The first-order valence-corrected chi connectivity index (χ1v) is 11.5. The van der Waals surface area contributed by atoms with Gasteiger partial charge in [-0.15, -0.1) is 0 Å². The van der Waals surface area contributed by atoms with E-state index in [-0.39, 0.29) is 35.2 Å². The van der Waals surface area contributed by atoms with E-state index in [4.69, 9.17) is 0 Å². The van der Waals surface area contributed by atoms with Gasteiger partial charge in [-0.1, -0.05) is 18.2 Å². The molecule has 0 atom stereocenters. The van der Waals surface area contributed by atoms with Gasteiger partial charge in [-0.2, -0.15) is 18.2 Å². The summed E-state index contributed by atoms with van der Waals surface area (Å²) in [7, 11) is -3.52. The maximum atomic E-state index is 13.3. The van der Waals surface area contributed by atoms with Gasteiger partial charge in [0.1, 0.15) is 11.5 Å². The molecule has 8 nitrogen and oxygen atoms in total. The van der Waals surface area contributed by atoms with Crippen molar-refractivity contribution in [1.82, 2.24) is 19.3 Å². The Bertz CT molecular complexity index is 1330. The molecule has 1 aliphatic rings.